The van der Waals surface area contributed by atoms with E-state index in [9.17, 15) is 4.79 Å². The van der Waals surface area contributed by atoms with Crippen LogP contribution in [0.5, 0.6) is 0 Å². The van der Waals surface area contributed by atoms with Crippen LogP contribution in [0.25, 0.3) is 104 Å². The molecule has 7 aromatic carbocycles. The quantitative estimate of drug-likeness (QED) is 0.179. The van der Waals surface area contributed by atoms with E-state index in [0.717, 1.165) is 93.3 Å². The monoisotopic (exact) mass is 628 g/mol. The Morgan fingerprint density at radius 1 is 0.388 bits per heavy atom. The lowest BCUT2D eigenvalue weighted by molar-refractivity contribution is 0.668. The lowest BCUT2D eigenvalue weighted by Crippen LogP contribution is -2.12. The van der Waals surface area contributed by atoms with Gasteiger partial charge in [-0.15, -0.1) is 0 Å². The topological polar surface area (TPSA) is 60.7 Å². The predicted octanol–water partition coefficient (Wildman–Crippen LogP) is 11.3. The fourth-order valence-electron chi connectivity index (χ4n) is 7.68. The van der Waals surface area contributed by atoms with Gasteiger partial charge in [-0.05, 0) is 88.3 Å². The van der Waals surface area contributed by atoms with E-state index < -0.39 is 0 Å². The molecule has 0 bridgehead atoms. The minimum Gasteiger partial charge on any atom is -0.456 e. The second kappa shape index (κ2) is 9.66. The van der Waals surface area contributed by atoms with Crippen molar-refractivity contribution in [3.05, 3.63) is 156 Å². The van der Waals surface area contributed by atoms with Crippen molar-refractivity contribution in [3.8, 4) is 22.3 Å². The zero-order valence-corrected chi connectivity index (χ0v) is 26.0. The Morgan fingerprint density at radius 3 is 1.41 bits per heavy atom. The normalized spacial score (nSPS) is 12.2. The van der Waals surface area contributed by atoms with Crippen LogP contribution in [0.15, 0.2) is 159 Å². The molecule has 0 aliphatic rings. The molecule has 0 saturated carbocycles. The van der Waals surface area contributed by atoms with Crippen LogP contribution in [0.3, 0.4) is 0 Å². The predicted molar refractivity (Wildman–Crippen MR) is 199 cm³/mol. The van der Waals surface area contributed by atoms with Crippen LogP contribution in [0, 0.1) is 0 Å². The van der Waals surface area contributed by atoms with Gasteiger partial charge < -0.3 is 8.83 Å². The molecule has 0 saturated heterocycles. The number of pyridine rings is 1. The number of rotatable bonds is 2. The van der Waals surface area contributed by atoms with E-state index in [1.807, 2.05) is 66.7 Å². The molecule has 0 atom stereocenters. The molecule has 49 heavy (non-hydrogen) atoms. The Morgan fingerprint density at radius 2 is 0.816 bits per heavy atom. The Bertz CT molecular complexity index is 3250. The van der Waals surface area contributed by atoms with Gasteiger partial charge in [-0.1, -0.05) is 84.9 Å². The van der Waals surface area contributed by atoms with E-state index >= 15 is 0 Å². The van der Waals surface area contributed by atoms with Gasteiger partial charge in [0.25, 0.3) is 5.56 Å². The van der Waals surface area contributed by atoms with Crippen LogP contribution in [-0.4, -0.2) is 9.38 Å². The minimum atomic E-state index is -0.242. The SMILES string of the molecule is O=c1nc2c3ccccc3c3cc(-c4ccc5oc6ccccc6c5c4)ccc3n2c2ccc(-c3ccc4oc5ccccc5c4c3)cc12. The highest BCUT2D eigenvalue weighted by Gasteiger charge is 2.17. The maximum atomic E-state index is 13.8. The third-order valence-electron chi connectivity index (χ3n) is 10.0. The Hall–Kier alpha value is -6.72. The lowest BCUT2D eigenvalue weighted by atomic mass is 9.98. The first kappa shape index (κ1) is 26.4. The molecule has 4 aromatic heterocycles. The van der Waals surface area contributed by atoms with Crippen molar-refractivity contribution < 1.29 is 8.83 Å². The zero-order valence-electron chi connectivity index (χ0n) is 26.0. The van der Waals surface area contributed by atoms with Gasteiger partial charge in [0.15, 0.2) is 0 Å². The second-order valence-electron chi connectivity index (χ2n) is 12.7. The molecule has 0 amide bonds. The number of hydrogen-bond acceptors (Lipinski definition) is 4. The van der Waals surface area contributed by atoms with Gasteiger partial charge in [0, 0.05) is 32.3 Å². The van der Waals surface area contributed by atoms with Gasteiger partial charge in [0.1, 0.15) is 28.0 Å². The molecule has 11 aromatic rings. The van der Waals surface area contributed by atoms with Crippen LogP contribution in [-0.2, 0) is 0 Å². The van der Waals surface area contributed by atoms with Gasteiger partial charge in [0.2, 0.25) is 0 Å². The van der Waals surface area contributed by atoms with Crippen molar-refractivity contribution in [1.82, 2.24) is 9.38 Å². The number of aromatic nitrogens is 2. The van der Waals surface area contributed by atoms with E-state index in [0.29, 0.717) is 11.0 Å². The fraction of sp³-hybridized carbons (Fsp3) is 0. The highest BCUT2D eigenvalue weighted by molar-refractivity contribution is 6.14. The summed E-state index contributed by atoms with van der Waals surface area (Å²) in [5, 5.41) is 7.98. The van der Waals surface area contributed by atoms with E-state index in [2.05, 4.69) is 83.3 Å². The smallest absolute Gasteiger partial charge is 0.281 e. The summed E-state index contributed by atoms with van der Waals surface area (Å²) < 4.78 is 14.3. The van der Waals surface area contributed by atoms with E-state index in [4.69, 9.17) is 13.8 Å². The molecule has 5 heteroatoms. The van der Waals surface area contributed by atoms with Gasteiger partial charge in [-0.25, -0.2) is 0 Å². The number of fused-ring (bicyclic) bond motifs is 14. The summed E-state index contributed by atoms with van der Waals surface area (Å²) in [6, 6.07) is 49.7. The summed E-state index contributed by atoms with van der Waals surface area (Å²) in [7, 11) is 0. The molecule has 0 spiro atoms. The standard InChI is InChI=1S/C44H24N2O3/c47-44-36-24-26(28-16-20-42-35(23-28)31-9-4-6-12-40(31)49-42)14-18-38(36)46-37-17-13-25(21-33(37)29-7-1-2-10-32(29)43(46)45-44)27-15-19-41-34(22-27)30-8-3-5-11-39(30)48-41/h1-24H. The van der Waals surface area contributed by atoms with Crippen LogP contribution < -0.4 is 5.56 Å². The largest absolute Gasteiger partial charge is 0.456 e. The third kappa shape index (κ3) is 3.75. The fourth-order valence-corrected chi connectivity index (χ4v) is 7.68. The summed E-state index contributed by atoms with van der Waals surface area (Å²) in [5.41, 5.74) is 9.87. The average Bonchev–Trinajstić information content (AvgIpc) is 3.72. The first-order valence-corrected chi connectivity index (χ1v) is 16.3. The highest BCUT2D eigenvalue weighted by atomic mass is 16.3. The molecule has 0 aliphatic carbocycles. The number of hydrogen-bond donors (Lipinski definition) is 0. The molecule has 0 radical (unpaired) electrons. The molecule has 11 rings (SSSR count). The molecule has 0 N–H and O–H groups in total. The third-order valence-corrected chi connectivity index (χ3v) is 10.0. The molecule has 0 aliphatic heterocycles. The van der Waals surface area contributed by atoms with Crippen molar-refractivity contribution in [2.75, 3.05) is 0 Å². The first-order valence-electron chi connectivity index (χ1n) is 16.3. The van der Waals surface area contributed by atoms with Gasteiger partial charge in [-0.2, -0.15) is 4.98 Å². The second-order valence-corrected chi connectivity index (χ2v) is 12.7. The van der Waals surface area contributed by atoms with Gasteiger partial charge in [-0.3, -0.25) is 9.20 Å². The summed E-state index contributed by atoms with van der Waals surface area (Å²) >= 11 is 0. The molecule has 4 heterocycles. The molecular weight excluding hydrogens is 604 g/mol. The molecular formula is C44H24N2O3. The molecule has 228 valence electrons. The average molecular weight is 629 g/mol. The Labute approximate surface area is 277 Å². The summed E-state index contributed by atoms with van der Waals surface area (Å²) in [5.74, 6) is 0. The number of benzene rings is 7. The van der Waals surface area contributed by atoms with E-state index in [-0.39, 0.29) is 5.56 Å². The first-order chi connectivity index (χ1) is 24.2. The van der Waals surface area contributed by atoms with Crippen LogP contribution in [0.2, 0.25) is 0 Å². The number of furan rings is 2. The number of para-hydroxylation sites is 2. The molecule has 5 nitrogen and oxygen atoms in total. The highest BCUT2D eigenvalue weighted by Crippen LogP contribution is 2.37. The maximum Gasteiger partial charge on any atom is 0.281 e. The molecule has 0 unspecified atom stereocenters. The number of nitrogens with zero attached hydrogens (tertiary/aromatic N) is 2. The van der Waals surface area contributed by atoms with Gasteiger partial charge in [0.05, 0.1) is 16.4 Å². The van der Waals surface area contributed by atoms with Crippen molar-refractivity contribution in [2.45, 2.75) is 0 Å². The van der Waals surface area contributed by atoms with Crippen molar-refractivity contribution >= 4 is 82.1 Å². The summed E-state index contributed by atoms with van der Waals surface area (Å²) in [6.45, 7) is 0. The van der Waals surface area contributed by atoms with Crippen molar-refractivity contribution in [1.29, 1.82) is 0 Å². The van der Waals surface area contributed by atoms with Crippen LogP contribution in [0.4, 0.5) is 0 Å². The molecule has 0 fully saturated rings. The summed E-state index contributed by atoms with van der Waals surface area (Å²) in [4.78, 5) is 18.5. The van der Waals surface area contributed by atoms with Crippen molar-refractivity contribution in [3.63, 3.8) is 0 Å². The van der Waals surface area contributed by atoms with E-state index in [1.165, 1.54) is 0 Å². The minimum absolute atomic E-state index is 0.242. The zero-order chi connectivity index (χ0) is 32.2. The van der Waals surface area contributed by atoms with E-state index in [1.54, 1.807) is 0 Å². The maximum absolute atomic E-state index is 13.8. The van der Waals surface area contributed by atoms with Gasteiger partial charge >= 0.3 is 0 Å². The lowest BCUT2D eigenvalue weighted by Gasteiger charge is -2.15. The Balaban J connectivity index is 1.14. The summed E-state index contributed by atoms with van der Waals surface area (Å²) in [6.07, 6.45) is 0. The van der Waals surface area contributed by atoms with Crippen molar-refractivity contribution in [2.24, 2.45) is 0 Å². The van der Waals surface area contributed by atoms with Crippen LogP contribution in [0.1, 0.15) is 0 Å². The van der Waals surface area contributed by atoms with Crippen LogP contribution >= 0.6 is 0 Å². The Kier molecular flexibility index (Phi) is 5.19.